The Labute approximate surface area is 170 Å². The minimum atomic E-state index is -3.03. The van der Waals surface area contributed by atoms with Crippen molar-refractivity contribution < 1.29 is 27.5 Å². The zero-order valence-corrected chi connectivity index (χ0v) is 17.4. The van der Waals surface area contributed by atoms with Gasteiger partial charge in [-0.2, -0.15) is 0 Å². The molecule has 0 saturated carbocycles. The van der Waals surface area contributed by atoms with Crippen LogP contribution in [0.4, 0.5) is 0 Å². The van der Waals surface area contributed by atoms with Crippen LogP contribution in [-0.4, -0.2) is 49.5 Å². The lowest BCUT2D eigenvalue weighted by molar-refractivity contribution is -0.143. The number of esters is 1. The molecule has 1 aromatic heterocycles. The highest BCUT2D eigenvalue weighted by Gasteiger charge is 2.31. The number of hydrogen-bond acceptors (Lipinski definition) is 6. The second kappa shape index (κ2) is 8.82. The van der Waals surface area contributed by atoms with Crippen LogP contribution in [0.2, 0.25) is 0 Å². The molecule has 29 heavy (non-hydrogen) atoms. The van der Waals surface area contributed by atoms with E-state index in [-0.39, 0.29) is 43.0 Å². The van der Waals surface area contributed by atoms with Gasteiger partial charge in [-0.05, 0) is 38.5 Å². The van der Waals surface area contributed by atoms with Gasteiger partial charge in [0.15, 0.2) is 16.4 Å². The molecule has 0 radical (unpaired) electrons. The van der Waals surface area contributed by atoms with Crippen molar-refractivity contribution in [1.82, 2.24) is 4.57 Å². The molecule has 1 saturated heterocycles. The zero-order valence-electron chi connectivity index (χ0n) is 16.6. The first kappa shape index (κ1) is 21.1. The molecule has 1 fully saturated rings. The molecular weight excluding hydrogens is 394 g/mol. The average molecular weight is 419 g/mol. The van der Waals surface area contributed by atoms with Gasteiger partial charge in [-0.3, -0.25) is 9.59 Å². The summed E-state index contributed by atoms with van der Waals surface area (Å²) in [4.78, 5) is 24.4. The number of ether oxygens (including phenoxy) is 2. The van der Waals surface area contributed by atoms with Crippen LogP contribution in [0.3, 0.4) is 0 Å². The number of ketones is 1. The van der Waals surface area contributed by atoms with Crippen molar-refractivity contribution in [2.45, 2.75) is 32.7 Å². The lowest BCUT2D eigenvalue weighted by Crippen LogP contribution is -2.17. The fourth-order valence-corrected chi connectivity index (χ4v) is 5.37. The normalized spacial score (nSPS) is 17.8. The Morgan fingerprint density at radius 2 is 1.90 bits per heavy atom. The van der Waals surface area contributed by atoms with Gasteiger partial charge < -0.3 is 14.0 Å². The van der Waals surface area contributed by atoms with E-state index in [1.807, 2.05) is 29.7 Å². The van der Waals surface area contributed by atoms with Crippen molar-refractivity contribution in [3.05, 3.63) is 53.3 Å². The second-order valence-electron chi connectivity index (χ2n) is 7.21. The Kier molecular flexibility index (Phi) is 6.42. The van der Waals surface area contributed by atoms with E-state index in [4.69, 9.17) is 9.47 Å². The Morgan fingerprint density at radius 1 is 1.17 bits per heavy atom. The molecule has 0 N–H and O–H groups in total. The minimum Gasteiger partial charge on any atom is -0.493 e. The van der Waals surface area contributed by atoms with Crippen LogP contribution in [0, 0.1) is 13.8 Å². The van der Waals surface area contributed by atoms with Crippen LogP contribution in [0.15, 0.2) is 36.4 Å². The lowest BCUT2D eigenvalue weighted by atomic mass is 10.1. The highest BCUT2D eigenvalue weighted by molar-refractivity contribution is 7.91. The number of para-hydroxylation sites is 1. The summed E-state index contributed by atoms with van der Waals surface area (Å²) < 4.78 is 36.0. The maximum absolute atomic E-state index is 12.5. The van der Waals surface area contributed by atoms with Gasteiger partial charge in [0.05, 0.1) is 24.5 Å². The van der Waals surface area contributed by atoms with Crippen molar-refractivity contribution in [3.8, 4) is 5.75 Å². The Hall–Kier alpha value is -2.61. The molecule has 3 rings (SSSR count). The number of Topliss-reactive ketones (excluding diaryl/α,β-unsaturated/α-hetero) is 1. The molecule has 2 aromatic rings. The summed E-state index contributed by atoms with van der Waals surface area (Å²) >= 11 is 0. The molecule has 1 atom stereocenters. The Balaban J connectivity index is 1.53. The van der Waals surface area contributed by atoms with E-state index in [1.165, 1.54) is 0 Å². The van der Waals surface area contributed by atoms with E-state index in [0.29, 0.717) is 23.4 Å². The number of nitrogens with zero attached hydrogens (tertiary/aromatic N) is 1. The predicted molar refractivity (Wildman–Crippen MR) is 108 cm³/mol. The number of carbonyl (C=O) groups is 2. The highest BCUT2D eigenvalue weighted by atomic mass is 32.2. The smallest absolute Gasteiger partial charge is 0.309 e. The summed E-state index contributed by atoms with van der Waals surface area (Å²) in [6, 6.07) is 10.7. The summed E-state index contributed by atoms with van der Waals surface area (Å²) in [6.07, 6.45) is 0.587. The number of aromatic nitrogens is 1. The van der Waals surface area contributed by atoms with Crippen LogP contribution in [-0.2, 0) is 19.4 Å². The number of sulfone groups is 1. The summed E-state index contributed by atoms with van der Waals surface area (Å²) in [7, 11) is -3.03. The molecule has 156 valence electrons. The van der Waals surface area contributed by atoms with Crippen LogP contribution in [0.5, 0.6) is 5.75 Å². The van der Waals surface area contributed by atoms with Crippen molar-refractivity contribution in [2.24, 2.45) is 0 Å². The number of aryl methyl sites for hydroxylation is 1. The standard InChI is InChI=1S/C21H25NO6S/c1-15-12-19(16(2)22(15)17-9-11-29(25,26)14-17)20(23)13-28-21(24)8-10-27-18-6-4-3-5-7-18/h3-7,12,17H,8-11,13-14H2,1-2H3/t17-/m0/s1. The largest absolute Gasteiger partial charge is 0.493 e. The first-order valence-corrected chi connectivity index (χ1v) is 11.3. The van der Waals surface area contributed by atoms with E-state index >= 15 is 0 Å². The van der Waals surface area contributed by atoms with Gasteiger partial charge in [0.1, 0.15) is 5.75 Å². The molecule has 0 bridgehead atoms. The van der Waals surface area contributed by atoms with Crippen LogP contribution in [0.25, 0.3) is 0 Å². The third-order valence-electron chi connectivity index (χ3n) is 5.04. The first-order chi connectivity index (χ1) is 13.8. The molecule has 0 spiro atoms. The van der Waals surface area contributed by atoms with Crippen molar-refractivity contribution in [2.75, 3.05) is 24.7 Å². The molecule has 7 nitrogen and oxygen atoms in total. The molecule has 2 heterocycles. The van der Waals surface area contributed by atoms with Crippen LogP contribution < -0.4 is 4.74 Å². The molecule has 1 aromatic carbocycles. The van der Waals surface area contributed by atoms with Gasteiger partial charge in [0.2, 0.25) is 5.78 Å². The average Bonchev–Trinajstić information content (AvgIpc) is 3.18. The van der Waals surface area contributed by atoms with Crippen molar-refractivity contribution >= 4 is 21.6 Å². The van der Waals surface area contributed by atoms with Crippen molar-refractivity contribution in [3.63, 3.8) is 0 Å². The van der Waals surface area contributed by atoms with E-state index in [1.54, 1.807) is 25.1 Å². The summed E-state index contributed by atoms with van der Waals surface area (Å²) in [6.45, 7) is 3.46. The molecule has 1 aliphatic heterocycles. The summed E-state index contributed by atoms with van der Waals surface area (Å²) in [5.74, 6) is 0.110. The molecule has 1 aliphatic rings. The Morgan fingerprint density at radius 3 is 2.55 bits per heavy atom. The molecule has 0 aliphatic carbocycles. The zero-order chi connectivity index (χ0) is 21.0. The molecule has 0 amide bonds. The van der Waals surface area contributed by atoms with Crippen LogP contribution >= 0.6 is 0 Å². The summed E-state index contributed by atoms with van der Waals surface area (Å²) in [5, 5.41) is 0. The minimum absolute atomic E-state index is 0.0428. The van der Waals surface area contributed by atoms with Gasteiger partial charge in [-0.25, -0.2) is 8.42 Å². The van der Waals surface area contributed by atoms with Crippen molar-refractivity contribution in [1.29, 1.82) is 0 Å². The molecule has 8 heteroatoms. The summed E-state index contributed by atoms with van der Waals surface area (Å²) in [5.41, 5.74) is 1.99. The fraction of sp³-hybridized carbons (Fsp3) is 0.429. The second-order valence-corrected chi connectivity index (χ2v) is 9.44. The number of carbonyl (C=O) groups excluding carboxylic acids is 2. The van der Waals surface area contributed by atoms with E-state index in [2.05, 4.69) is 0 Å². The quantitative estimate of drug-likeness (QED) is 0.483. The molecule has 0 unspecified atom stereocenters. The number of benzene rings is 1. The highest BCUT2D eigenvalue weighted by Crippen LogP contribution is 2.29. The third-order valence-corrected chi connectivity index (χ3v) is 6.79. The lowest BCUT2D eigenvalue weighted by Gasteiger charge is -2.16. The Bertz CT molecular complexity index is 994. The van der Waals surface area contributed by atoms with Gasteiger partial charge in [0, 0.05) is 23.0 Å². The van der Waals surface area contributed by atoms with Gasteiger partial charge in [0.25, 0.3) is 0 Å². The number of rotatable bonds is 8. The first-order valence-electron chi connectivity index (χ1n) is 9.52. The van der Waals surface area contributed by atoms with Gasteiger partial charge in [-0.15, -0.1) is 0 Å². The van der Waals surface area contributed by atoms with Gasteiger partial charge in [-0.1, -0.05) is 18.2 Å². The van der Waals surface area contributed by atoms with E-state index < -0.39 is 15.8 Å². The molecular formula is C21H25NO6S. The maximum Gasteiger partial charge on any atom is 0.309 e. The van der Waals surface area contributed by atoms with E-state index in [0.717, 1.165) is 5.69 Å². The topological polar surface area (TPSA) is 91.7 Å². The van der Waals surface area contributed by atoms with E-state index in [9.17, 15) is 18.0 Å². The maximum atomic E-state index is 12.5. The van der Waals surface area contributed by atoms with Gasteiger partial charge >= 0.3 is 5.97 Å². The fourth-order valence-electron chi connectivity index (χ4n) is 3.67. The monoisotopic (exact) mass is 419 g/mol. The van der Waals surface area contributed by atoms with Crippen LogP contribution in [0.1, 0.15) is 40.6 Å². The number of hydrogen-bond donors (Lipinski definition) is 0. The SMILES string of the molecule is Cc1cc(C(=O)COC(=O)CCOc2ccccc2)c(C)n1[C@H]1CCS(=O)(=O)C1. The predicted octanol–water partition coefficient (Wildman–Crippen LogP) is 2.66. The third kappa shape index (κ3) is 5.26.